The maximum Gasteiger partial charge on any atom is 0.132 e. The van der Waals surface area contributed by atoms with Gasteiger partial charge in [0.15, 0.2) is 0 Å². The molecular formula is C13H18N2. The number of fused-ring (bicyclic) bond motifs is 1. The van der Waals surface area contributed by atoms with Gasteiger partial charge in [0.2, 0.25) is 0 Å². The molecular weight excluding hydrogens is 184 g/mol. The molecule has 1 saturated carbocycles. The van der Waals surface area contributed by atoms with Crippen LogP contribution < -0.4 is 10.7 Å². The van der Waals surface area contributed by atoms with Crippen LogP contribution in [0.3, 0.4) is 0 Å². The molecule has 2 heterocycles. The van der Waals surface area contributed by atoms with E-state index in [0.29, 0.717) is 0 Å². The summed E-state index contributed by atoms with van der Waals surface area (Å²) in [6, 6.07) is 0. The average Bonchev–Trinajstić information content (AvgIpc) is 2.74. The zero-order chi connectivity index (χ0) is 10.1. The van der Waals surface area contributed by atoms with Gasteiger partial charge in [0.25, 0.3) is 0 Å². The van der Waals surface area contributed by atoms with E-state index in [1.807, 2.05) is 0 Å². The Morgan fingerprint density at radius 1 is 1.20 bits per heavy atom. The normalized spacial score (nSPS) is 21.6. The van der Waals surface area contributed by atoms with Crippen molar-refractivity contribution < 1.29 is 0 Å². The summed E-state index contributed by atoms with van der Waals surface area (Å²) >= 11 is 0. The Balaban J connectivity index is 2.02. The van der Waals surface area contributed by atoms with Gasteiger partial charge in [-0.3, -0.25) is 4.99 Å². The van der Waals surface area contributed by atoms with E-state index in [1.165, 1.54) is 42.9 Å². The zero-order valence-corrected chi connectivity index (χ0v) is 9.13. The van der Waals surface area contributed by atoms with E-state index >= 15 is 0 Å². The van der Waals surface area contributed by atoms with E-state index < -0.39 is 0 Å². The molecule has 0 spiro atoms. The highest BCUT2D eigenvalue weighted by molar-refractivity contribution is 5.31. The van der Waals surface area contributed by atoms with Gasteiger partial charge in [-0.2, -0.15) is 0 Å². The summed E-state index contributed by atoms with van der Waals surface area (Å²) in [4.78, 5) is 7.85. The van der Waals surface area contributed by atoms with Crippen LogP contribution in [0.25, 0.3) is 6.08 Å². The molecule has 1 aliphatic heterocycles. The van der Waals surface area contributed by atoms with Gasteiger partial charge in [0.1, 0.15) is 5.49 Å². The number of nitrogens with one attached hydrogen (secondary N) is 1. The Morgan fingerprint density at radius 2 is 2.07 bits per heavy atom. The summed E-state index contributed by atoms with van der Waals surface area (Å²) in [7, 11) is 0. The quantitative estimate of drug-likeness (QED) is 0.720. The third kappa shape index (κ3) is 1.62. The maximum absolute atomic E-state index is 4.52. The fraction of sp³-hybridized carbons (Fsp3) is 0.615. The Morgan fingerprint density at radius 3 is 2.93 bits per heavy atom. The van der Waals surface area contributed by atoms with Gasteiger partial charge in [0, 0.05) is 18.0 Å². The third-order valence-electron chi connectivity index (χ3n) is 3.72. The van der Waals surface area contributed by atoms with E-state index in [-0.39, 0.29) is 0 Å². The van der Waals surface area contributed by atoms with Gasteiger partial charge < -0.3 is 4.98 Å². The molecule has 0 saturated heterocycles. The second kappa shape index (κ2) is 3.84. The van der Waals surface area contributed by atoms with Crippen molar-refractivity contribution in [3.05, 3.63) is 22.5 Å². The minimum absolute atomic E-state index is 0.795. The van der Waals surface area contributed by atoms with Crippen LogP contribution in [0.15, 0.2) is 11.2 Å². The van der Waals surface area contributed by atoms with Gasteiger partial charge in [-0.1, -0.05) is 25.3 Å². The first-order chi connectivity index (χ1) is 7.45. The second-order valence-electron chi connectivity index (χ2n) is 4.72. The number of H-pyrrole nitrogens is 1. The van der Waals surface area contributed by atoms with Crippen molar-refractivity contribution in [2.24, 2.45) is 4.99 Å². The van der Waals surface area contributed by atoms with Crippen molar-refractivity contribution in [3.63, 3.8) is 0 Å². The van der Waals surface area contributed by atoms with Crippen molar-refractivity contribution in [1.82, 2.24) is 4.98 Å². The highest BCUT2D eigenvalue weighted by atomic mass is 14.8. The summed E-state index contributed by atoms with van der Waals surface area (Å²) in [5.74, 6) is 0.795. The molecule has 3 rings (SSSR count). The molecule has 0 amide bonds. The molecule has 1 fully saturated rings. The lowest BCUT2D eigenvalue weighted by atomic mass is 9.84. The maximum atomic E-state index is 4.52. The van der Waals surface area contributed by atoms with Crippen LogP contribution in [0, 0.1) is 0 Å². The third-order valence-corrected chi connectivity index (χ3v) is 3.72. The van der Waals surface area contributed by atoms with Gasteiger partial charge in [0.05, 0.1) is 0 Å². The number of rotatable bonds is 1. The first-order valence-electron chi connectivity index (χ1n) is 6.17. The molecule has 1 aromatic rings. The monoisotopic (exact) mass is 202 g/mol. The van der Waals surface area contributed by atoms with Crippen LogP contribution in [-0.4, -0.2) is 11.5 Å². The Bertz CT molecular complexity index is 449. The van der Waals surface area contributed by atoms with Crippen LogP contribution in [0.4, 0.5) is 0 Å². The van der Waals surface area contributed by atoms with Gasteiger partial charge >= 0.3 is 0 Å². The molecule has 1 aliphatic carbocycles. The average molecular weight is 202 g/mol. The Labute approximate surface area is 90.1 Å². The molecule has 0 radical (unpaired) electrons. The standard InChI is InChI=1S/C13H18N2/c1-2-5-10(6-3-1)12-9-15-13-11(12)7-4-8-14-13/h7,9-10H,1-6,8H2,(H,14,15). The topological polar surface area (TPSA) is 28.1 Å². The van der Waals surface area contributed by atoms with Crippen molar-refractivity contribution in [2.75, 3.05) is 6.54 Å². The lowest BCUT2D eigenvalue weighted by Gasteiger charge is -2.20. The summed E-state index contributed by atoms with van der Waals surface area (Å²) in [6.45, 7) is 0.956. The SMILES string of the molecule is C1=c2c(C3CCCCC3)c[nH]c2=NCC1. The minimum Gasteiger partial charge on any atom is -0.346 e. The van der Waals surface area contributed by atoms with E-state index in [0.717, 1.165) is 24.4 Å². The van der Waals surface area contributed by atoms with Gasteiger partial charge in [-0.25, -0.2) is 0 Å². The number of aromatic nitrogens is 1. The lowest BCUT2D eigenvalue weighted by molar-refractivity contribution is 0.442. The van der Waals surface area contributed by atoms with Crippen LogP contribution in [-0.2, 0) is 0 Å². The largest absolute Gasteiger partial charge is 0.346 e. The van der Waals surface area contributed by atoms with Crippen molar-refractivity contribution in [3.8, 4) is 0 Å². The molecule has 0 atom stereocenters. The predicted octanol–water partition coefficient (Wildman–Crippen LogP) is 1.87. The highest BCUT2D eigenvalue weighted by Crippen LogP contribution is 2.30. The van der Waals surface area contributed by atoms with Crippen molar-refractivity contribution in [2.45, 2.75) is 44.4 Å². The summed E-state index contributed by atoms with van der Waals surface area (Å²) in [5.41, 5.74) is 2.66. The molecule has 0 aromatic carbocycles. The number of nitrogens with zero attached hydrogens (tertiary/aromatic N) is 1. The minimum atomic E-state index is 0.795. The van der Waals surface area contributed by atoms with E-state index in [4.69, 9.17) is 0 Å². The highest BCUT2D eigenvalue weighted by Gasteiger charge is 2.18. The number of hydrogen-bond donors (Lipinski definition) is 1. The lowest BCUT2D eigenvalue weighted by Crippen LogP contribution is -2.29. The number of aromatic amines is 1. The van der Waals surface area contributed by atoms with Crippen LogP contribution in [0.5, 0.6) is 0 Å². The molecule has 2 aliphatic rings. The second-order valence-corrected chi connectivity index (χ2v) is 4.72. The molecule has 15 heavy (non-hydrogen) atoms. The molecule has 2 nitrogen and oxygen atoms in total. The molecule has 80 valence electrons. The first kappa shape index (κ1) is 9.20. The van der Waals surface area contributed by atoms with E-state index in [9.17, 15) is 0 Å². The molecule has 0 unspecified atom stereocenters. The first-order valence-corrected chi connectivity index (χ1v) is 6.17. The van der Waals surface area contributed by atoms with Crippen molar-refractivity contribution in [1.29, 1.82) is 0 Å². The Kier molecular flexibility index (Phi) is 2.35. The fourth-order valence-corrected chi connectivity index (χ4v) is 2.92. The summed E-state index contributed by atoms with van der Waals surface area (Å²) in [5, 5.41) is 1.41. The molecule has 2 heteroatoms. The van der Waals surface area contributed by atoms with Gasteiger partial charge in [-0.15, -0.1) is 0 Å². The van der Waals surface area contributed by atoms with Crippen molar-refractivity contribution >= 4 is 6.08 Å². The van der Waals surface area contributed by atoms with Crippen LogP contribution in [0.1, 0.15) is 50.0 Å². The smallest absolute Gasteiger partial charge is 0.132 e. The van der Waals surface area contributed by atoms with Crippen LogP contribution >= 0.6 is 0 Å². The number of hydrogen-bond acceptors (Lipinski definition) is 1. The van der Waals surface area contributed by atoms with E-state index in [1.54, 1.807) is 0 Å². The van der Waals surface area contributed by atoms with E-state index in [2.05, 4.69) is 22.2 Å². The summed E-state index contributed by atoms with van der Waals surface area (Å²) in [6.07, 6.45) is 12.7. The predicted molar refractivity (Wildman–Crippen MR) is 61.3 cm³/mol. The fourth-order valence-electron chi connectivity index (χ4n) is 2.92. The summed E-state index contributed by atoms with van der Waals surface area (Å²) < 4.78 is 0. The molecule has 1 aromatic heterocycles. The van der Waals surface area contributed by atoms with Gasteiger partial charge in [-0.05, 0) is 30.7 Å². The molecule has 1 N–H and O–H groups in total. The zero-order valence-electron chi connectivity index (χ0n) is 9.13. The molecule has 0 bridgehead atoms. The van der Waals surface area contributed by atoms with Crippen LogP contribution in [0.2, 0.25) is 0 Å². The Hall–Kier alpha value is -1.05.